The van der Waals surface area contributed by atoms with E-state index in [2.05, 4.69) is 15.6 Å². The number of alkyl halides is 6. The van der Waals surface area contributed by atoms with Crippen LogP contribution in [0.1, 0.15) is 16.7 Å². The number of nitrogens with two attached hydrogens (primary N) is 1. The van der Waals surface area contributed by atoms with Gasteiger partial charge in [-0.3, -0.25) is 5.73 Å². The summed E-state index contributed by atoms with van der Waals surface area (Å²) in [7, 11) is 0. The predicted octanol–water partition coefficient (Wildman–Crippen LogP) is 7.41. The van der Waals surface area contributed by atoms with Gasteiger partial charge in [-0.05, 0) is 42.5 Å². The van der Waals surface area contributed by atoms with E-state index >= 15 is 0 Å². The highest BCUT2D eigenvalue weighted by atomic mass is 35.5. The monoisotopic (exact) mass is 518 g/mol. The molecule has 4 rings (SSSR count). The van der Waals surface area contributed by atoms with Gasteiger partial charge >= 0.3 is 12.4 Å². The molecule has 3 aromatic carbocycles. The molecule has 12 heteroatoms. The lowest BCUT2D eigenvalue weighted by Gasteiger charge is -2.37. The summed E-state index contributed by atoms with van der Waals surface area (Å²) < 4.78 is 80.4. The summed E-state index contributed by atoms with van der Waals surface area (Å²) in [6.45, 7) is 0. The third kappa shape index (κ3) is 4.53. The number of hydrogen-bond donors (Lipinski definition) is 3. The van der Waals surface area contributed by atoms with Crippen LogP contribution in [-0.2, 0) is 18.0 Å². The van der Waals surface area contributed by atoms with Gasteiger partial charge in [0, 0.05) is 11.3 Å². The second kappa shape index (κ2) is 8.37. The largest absolute Gasteiger partial charge is 0.417 e. The Kier molecular flexibility index (Phi) is 5.95. The average molecular weight is 519 g/mol. The minimum atomic E-state index is -4.77. The molecule has 1 aliphatic rings. The van der Waals surface area contributed by atoms with Crippen molar-refractivity contribution in [3.63, 3.8) is 0 Å². The molecule has 1 atom stereocenters. The van der Waals surface area contributed by atoms with Crippen LogP contribution in [0.2, 0.25) is 10.0 Å². The summed E-state index contributed by atoms with van der Waals surface area (Å²) in [6.07, 6.45) is -9.50. The molecule has 1 aliphatic heterocycles. The minimum absolute atomic E-state index is 0.0727. The number of anilines is 2. The maximum absolute atomic E-state index is 13.5. The number of benzene rings is 3. The molecule has 34 heavy (non-hydrogen) atoms. The Balaban J connectivity index is 1.85. The van der Waals surface area contributed by atoms with Gasteiger partial charge in [0.15, 0.2) is 11.5 Å². The second-order valence-corrected chi connectivity index (χ2v) is 8.23. The SMILES string of the molecule is NC1(c2ccc(Cl)c(C(F)(F)F)c2)Nc2ccccc2N=C1Nc1ccc(Cl)c(C(F)(F)F)c1. The molecule has 178 valence electrons. The fourth-order valence-corrected chi connectivity index (χ4v) is 3.89. The van der Waals surface area contributed by atoms with Crippen LogP contribution < -0.4 is 16.4 Å². The van der Waals surface area contributed by atoms with Crippen molar-refractivity contribution < 1.29 is 26.3 Å². The Morgan fingerprint density at radius 3 is 2.06 bits per heavy atom. The molecule has 1 heterocycles. The van der Waals surface area contributed by atoms with Gasteiger partial charge in [-0.2, -0.15) is 26.3 Å². The second-order valence-electron chi connectivity index (χ2n) is 7.42. The number of nitrogens with zero attached hydrogens (tertiary/aromatic N) is 1. The summed E-state index contributed by atoms with van der Waals surface area (Å²) in [6, 6.07) is 12.7. The normalized spacial score (nSPS) is 18.1. The summed E-state index contributed by atoms with van der Waals surface area (Å²) in [5.74, 6) is -0.142. The first kappa shape index (κ1) is 24.2. The molecule has 0 amide bonds. The molecule has 0 radical (unpaired) electrons. The zero-order valence-corrected chi connectivity index (χ0v) is 18.3. The number of nitrogens with one attached hydrogen (secondary N) is 2. The van der Waals surface area contributed by atoms with E-state index in [4.69, 9.17) is 28.9 Å². The van der Waals surface area contributed by atoms with E-state index < -0.39 is 39.2 Å². The molecular weight excluding hydrogens is 505 g/mol. The molecule has 0 aliphatic carbocycles. The van der Waals surface area contributed by atoms with Crippen molar-refractivity contribution in [2.24, 2.45) is 10.7 Å². The van der Waals surface area contributed by atoms with Crippen molar-refractivity contribution in [1.82, 2.24) is 0 Å². The molecule has 0 saturated heterocycles. The predicted molar refractivity (Wildman–Crippen MR) is 120 cm³/mol. The summed E-state index contributed by atoms with van der Waals surface area (Å²) in [4.78, 5) is 4.39. The van der Waals surface area contributed by atoms with Gasteiger partial charge in [-0.15, -0.1) is 0 Å². The van der Waals surface area contributed by atoms with Gasteiger partial charge in [0.05, 0.1) is 32.5 Å². The molecule has 4 nitrogen and oxygen atoms in total. The Hall–Kier alpha value is -2.95. The van der Waals surface area contributed by atoms with Crippen molar-refractivity contribution in [3.05, 3.63) is 87.4 Å². The van der Waals surface area contributed by atoms with E-state index in [9.17, 15) is 26.3 Å². The first-order chi connectivity index (χ1) is 15.8. The standard InChI is InChI=1S/C22H14Cl2F6N4/c23-15-7-5-11(9-13(15)21(25,26)27)20(31)19(33-17-3-1-2-4-18(17)34-20)32-12-6-8-16(24)14(10-12)22(28,29)30/h1-10,34H,31H2,(H,32,33). The van der Waals surface area contributed by atoms with Crippen LogP contribution >= 0.6 is 23.2 Å². The Bertz CT molecular complexity index is 1290. The number of amidine groups is 1. The smallest absolute Gasteiger partial charge is 0.356 e. The highest BCUT2D eigenvalue weighted by Crippen LogP contribution is 2.41. The molecule has 4 N–H and O–H groups in total. The van der Waals surface area contributed by atoms with Gasteiger partial charge in [-0.1, -0.05) is 41.4 Å². The van der Waals surface area contributed by atoms with Crippen LogP contribution in [0.5, 0.6) is 0 Å². The number of fused-ring (bicyclic) bond motifs is 1. The molecule has 1 unspecified atom stereocenters. The third-order valence-electron chi connectivity index (χ3n) is 5.10. The van der Waals surface area contributed by atoms with Gasteiger partial charge in [-0.25, -0.2) is 4.99 Å². The first-order valence-corrected chi connectivity index (χ1v) is 10.3. The molecule has 0 fully saturated rings. The fraction of sp³-hybridized carbons (Fsp3) is 0.136. The van der Waals surface area contributed by atoms with E-state index in [0.717, 1.165) is 24.3 Å². The Morgan fingerprint density at radius 1 is 0.824 bits per heavy atom. The van der Waals surface area contributed by atoms with E-state index in [1.165, 1.54) is 12.1 Å². The van der Waals surface area contributed by atoms with Crippen LogP contribution in [0.4, 0.5) is 43.4 Å². The number of aliphatic imine (C=N–C) groups is 1. The molecule has 0 spiro atoms. The van der Waals surface area contributed by atoms with E-state index in [0.29, 0.717) is 11.4 Å². The van der Waals surface area contributed by atoms with Gasteiger partial charge in [0.25, 0.3) is 0 Å². The highest BCUT2D eigenvalue weighted by molar-refractivity contribution is 6.32. The van der Waals surface area contributed by atoms with E-state index in [-0.39, 0.29) is 17.1 Å². The molecular formula is C22H14Cl2F6N4. The number of rotatable bonds is 2. The van der Waals surface area contributed by atoms with Gasteiger partial charge in [0.1, 0.15) is 0 Å². The van der Waals surface area contributed by atoms with Crippen molar-refractivity contribution >= 4 is 46.1 Å². The number of halogens is 8. The lowest BCUT2D eigenvalue weighted by Crippen LogP contribution is -2.55. The number of hydrogen-bond acceptors (Lipinski definition) is 4. The Labute approximate surface area is 199 Å². The maximum Gasteiger partial charge on any atom is 0.417 e. The maximum atomic E-state index is 13.5. The topological polar surface area (TPSA) is 62.4 Å². The summed E-state index contributed by atoms with van der Waals surface area (Å²) in [5, 5.41) is 4.61. The van der Waals surface area contributed by atoms with Crippen molar-refractivity contribution in [1.29, 1.82) is 0 Å². The third-order valence-corrected chi connectivity index (χ3v) is 5.76. The highest BCUT2D eigenvalue weighted by Gasteiger charge is 2.41. The summed E-state index contributed by atoms with van der Waals surface area (Å²) >= 11 is 11.4. The van der Waals surface area contributed by atoms with Gasteiger partial charge < -0.3 is 10.6 Å². The van der Waals surface area contributed by atoms with Crippen molar-refractivity contribution in [3.8, 4) is 0 Å². The number of para-hydroxylation sites is 2. The fourth-order valence-electron chi connectivity index (χ4n) is 3.44. The van der Waals surface area contributed by atoms with Gasteiger partial charge in [0.2, 0.25) is 0 Å². The Morgan fingerprint density at radius 2 is 1.41 bits per heavy atom. The van der Waals surface area contributed by atoms with Crippen LogP contribution in [0.15, 0.2) is 65.7 Å². The lowest BCUT2D eigenvalue weighted by molar-refractivity contribution is -0.138. The molecule has 0 aromatic heterocycles. The molecule has 3 aromatic rings. The first-order valence-electron chi connectivity index (χ1n) is 9.55. The average Bonchev–Trinajstić information content (AvgIpc) is 2.74. The quantitative estimate of drug-likeness (QED) is 0.309. The molecule has 0 saturated carbocycles. The zero-order chi connectivity index (χ0) is 24.9. The van der Waals surface area contributed by atoms with Crippen LogP contribution in [0.3, 0.4) is 0 Å². The lowest BCUT2D eigenvalue weighted by atomic mass is 9.94. The van der Waals surface area contributed by atoms with E-state index in [1.807, 2.05) is 0 Å². The van der Waals surface area contributed by atoms with Crippen LogP contribution in [0.25, 0.3) is 0 Å². The van der Waals surface area contributed by atoms with Crippen LogP contribution in [-0.4, -0.2) is 5.84 Å². The van der Waals surface area contributed by atoms with Crippen LogP contribution in [0, 0.1) is 0 Å². The molecule has 0 bridgehead atoms. The van der Waals surface area contributed by atoms with Crippen molar-refractivity contribution in [2.75, 3.05) is 10.6 Å². The minimum Gasteiger partial charge on any atom is -0.356 e. The van der Waals surface area contributed by atoms with E-state index in [1.54, 1.807) is 24.3 Å². The zero-order valence-electron chi connectivity index (χ0n) is 16.8. The van der Waals surface area contributed by atoms with Crippen molar-refractivity contribution in [2.45, 2.75) is 18.0 Å². The summed E-state index contributed by atoms with van der Waals surface area (Å²) in [5.41, 5.74) is 3.08.